The van der Waals surface area contributed by atoms with E-state index < -0.39 is 0 Å². The Hall–Kier alpha value is -1.07. The third-order valence-corrected chi connectivity index (χ3v) is 3.23. The fraction of sp³-hybridized carbons (Fsp3) is 0.692. The highest BCUT2D eigenvalue weighted by molar-refractivity contribution is 5.92. The molecule has 19 heavy (non-hydrogen) atoms. The van der Waals surface area contributed by atoms with Crippen molar-refractivity contribution in [1.82, 2.24) is 15.4 Å². The maximum Gasteiger partial charge on any atom is 0.276 e. The second kappa shape index (κ2) is 5.92. The summed E-state index contributed by atoms with van der Waals surface area (Å²) in [6, 6.07) is 1.96. The summed E-state index contributed by atoms with van der Waals surface area (Å²) in [6.45, 7) is 10.5. The van der Waals surface area contributed by atoms with Crippen molar-refractivity contribution in [3.8, 4) is 0 Å². The number of halogens is 1. The molecule has 0 bridgehead atoms. The van der Waals surface area contributed by atoms with Gasteiger partial charge in [0.15, 0.2) is 5.69 Å². The summed E-state index contributed by atoms with van der Waals surface area (Å²) < 4.78 is 5.26. The predicted molar refractivity (Wildman–Crippen MR) is 75.8 cm³/mol. The van der Waals surface area contributed by atoms with Crippen molar-refractivity contribution in [3.63, 3.8) is 0 Å². The number of carbonyl (C=O) groups excluding carboxylic acids is 1. The molecule has 1 atom stereocenters. The standard InChI is InChI=1S/C13H21N3O2.ClH/c1-9-8-14-5-6-16(9)12(17)10-7-11(18-15-10)13(2,3)4;/h7,9,14H,5-6,8H2,1-4H3;1H/t9-;/m1./s1. The number of amides is 1. The van der Waals surface area contributed by atoms with Gasteiger partial charge >= 0.3 is 0 Å². The molecule has 1 amide bonds. The molecule has 0 saturated carbocycles. The van der Waals surface area contributed by atoms with Gasteiger partial charge in [-0.3, -0.25) is 4.79 Å². The number of hydrogen-bond donors (Lipinski definition) is 1. The van der Waals surface area contributed by atoms with Crippen LogP contribution < -0.4 is 5.32 Å². The highest BCUT2D eigenvalue weighted by atomic mass is 35.5. The Morgan fingerprint density at radius 3 is 2.74 bits per heavy atom. The Kier molecular flexibility index (Phi) is 4.98. The number of aromatic nitrogens is 1. The van der Waals surface area contributed by atoms with Crippen LogP contribution in [-0.2, 0) is 5.41 Å². The van der Waals surface area contributed by atoms with Crippen LogP contribution in [-0.4, -0.2) is 41.6 Å². The van der Waals surface area contributed by atoms with Gasteiger partial charge in [-0.15, -0.1) is 12.4 Å². The van der Waals surface area contributed by atoms with Crippen LogP contribution in [0.25, 0.3) is 0 Å². The SMILES string of the molecule is C[C@@H]1CNCCN1C(=O)c1cc(C(C)(C)C)on1.Cl. The molecule has 1 fully saturated rings. The molecule has 1 aromatic heterocycles. The second-order valence-electron chi connectivity index (χ2n) is 5.88. The third kappa shape index (κ3) is 3.48. The van der Waals surface area contributed by atoms with Gasteiger partial charge < -0.3 is 14.7 Å². The van der Waals surface area contributed by atoms with Crippen molar-refractivity contribution in [2.45, 2.75) is 39.2 Å². The van der Waals surface area contributed by atoms with E-state index in [0.717, 1.165) is 25.4 Å². The summed E-state index contributed by atoms with van der Waals surface area (Å²) >= 11 is 0. The van der Waals surface area contributed by atoms with Crippen molar-refractivity contribution in [2.75, 3.05) is 19.6 Å². The molecule has 1 saturated heterocycles. The first kappa shape index (κ1) is 16.0. The van der Waals surface area contributed by atoms with Crippen molar-refractivity contribution >= 4 is 18.3 Å². The first-order valence-electron chi connectivity index (χ1n) is 6.38. The average molecular weight is 288 g/mol. The molecule has 2 rings (SSSR count). The number of hydrogen-bond acceptors (Lipinski definition) is 4. The van der Waals surface area contributed by atoms with Gasteiger partial charge in [-0.1, -0.05) is 25.9 Å². The highest BCUT2D eigenvalue weighted by Crippen LogP contribution is 2.23. The van der Waals surface area contributed by atoms with Crippen molar-refractivity contribution in [1.29, 1.82) is 0 Å². The Morgan fingerprint density at radius 1 is 1.53 bits per heavy atom. The summed E-state index contributed by atoms with van der Waals surface area (Å²) in [6.07, 6.45) is 0. The molecule has 0 unspecified atom stereocenters. The van der Waals surface area contributed by atoms with E-state index >= 15 is 0 Å². The summed E-state index contributed by atoms with van der Waals surface area (Å²) in [5, 5.41) is 7.17. The van der Waals surface area contributed by atoms with Crippen LogP contribution in [0.2, 0.25) is 0 Å². The molecule has 2 heterocycles. The first-order chi connectivity index (χ1) is 8.39. The summed E-state index contributed by atoms with van der Waals surface area (Å²) in [5.74, 6) is 0.705. The van der Waals surface area contributed by atoms with E-state index in [4.69, 9.17) is 4.52 Å². The minimum absolute atomic E-state index is 0. The zero-order valence-corrected chi connectivity index (χ0v) is 12.7. The number of piperazine rings is 1. The van der Waals surface area contributed by atoms with Crippen LogP contribution in [0.4, 0.5) is 0 Å². The van der Waals surface area contributed by atoms with Crippen LogP contribution in [0.1, 0.15) is 43.9 Å². The van der Waals surface area contributed by atoms with Crippen molar-refractivity contribution in [2.24, 2.45) is 0 Å². The van der Waals surface area contributed by atoms with E-state index in [1.165, 1.54) is 0 Å². The lowest BCUT2D eigenvalue weighted by molar-refractivity contribution is 0.0645. The molecular weight excluding hydrogens is 266 g/mol. The zero-order valence-electron chi connectivity index (χ0n) is 11.9. The smallest absolute Gasteiger partial charge is 0.276 e. The maximum atomic E-state index is 12.3. The van der Waals surface area contributed by atoms with Gasteiger partial charge in [0.2, 0.25) is 0 Å². The number of rotatable bonds is 1. The predicted octanol–water partition coefficient (Wildman–Crippen LogP) is 1.83. The average Bonchev–Trinajstić information content (AvgIpc) is 2.77. The van der Waals surface area contributed by atoms with Gasteiger partial charge in [-0.25, -0.2) is 0 Å². The molecule has 6 heteroatoms. The van der Waals surface area contributed by atoms with E-state index in [-0.39, 0.29) is 29.8 Å². The highest BCUT2D eigenvalue weighted by Gasteiger charge is 2.28. The van der Waals surface area contributed by atoms with Gasteiger partial charge in [-0.05, 0) is 6.92 Å². The summed E-state index contributed by atoms with van der Waals surface area (Å²) in [5.41, 5.74) is 0.286. The monoisotopic (exact) mass is 287 g/mol. The van der Waals surface area contributed by atoms with E-state index in [1.54, 1.807) is 6.07 Å². The molecule has 1 aliphatic rings. The molecular formula is C13H22ClN3O2. The molecule has 0 aliphatic carbocycles. The lowest BCUT2D eigenvalue weighted by Crippen LogP contribution is -2.52. The van der Waals surface area contributed by atoms with Crippen molar-refractivity contribution in [3.05, 3.63) is 17.5 Å². The molecule has 1 aliphatic heterocycles. The number of nitrogens with one attached hydrogen (secondary N) is 1. The van der Waals surface area contributed by atoms with Gasteiger partial charge in [0.25, 0.3) is 5.91 Å². The Balaban J connectivity index is 0.00000180. The molecule has 0 radical (unpaired) electrons. The molecule has 1 aromatic rings. The van der Waals surface area contributed by atoms with Gasteiger partial charge in [0, 0.05) is 37.2 Å². The zero-order chi connectivity index (χ0) is 13.3. The van der Waals surface area contributed by atoms with Gasteiger partial charge in [0.05, 0.1) is 0 Å². The van der Waals surface area contributed by atoms with Gasteiger partial charge in [-0.2, -0.15) is 0 Å². The van der Waals surface area contributed by atoms with E-state index in [1.807, 2.05) is 32.6 Å². The summed E-state index contributed by atoms with van der Waals surface area (Å²) in [4.78, 5) is 14.2. The Bertz CT molecular complexity index is 439. The first-order valence-corrected chi connectivity index (χ1v) is 6.38. The number of nitrogens with zero attached hydrogens (tertiary/aromatic N) is 2. The van der Waals surface area contributed by atoms with Crippen LogP contribution in [0, 0.1) is 0 Å². The van der Waals surface area contributed by atoms with Crippen molar-refractivity contribution < 1.29 is 9.32 Å². The van der Waals surface area contributed by atoms with Crippen LogP contribution in [0.5, 0.6) is 0 Å². The normalized spacial score (nSPS) is 20.0. The van der Waals surface area contributed by atoms with Crippen LogP contribution >= 0.6 is 12.4 Å². The Morgan fingerprint density at radius 2 is 2.21 bits per heavy atom. The molecule has 5 nitrogen and oxygen atoms in total. The lowest BCUT2D eigenvalue weighted by atomic mass is 9.93. The Labute approximate surface area is 120 Å². The third-order valence-electron chi connectivity index (χ3n) is 3.23. The second-order valence-corrected chi connectivity index (χ2v) is 5.88. The number of carbonyl (C=O) groups is 1. The minimum atomic E-state index is -0.124. The molecule has 108 valence electrons. The molecule has 1 N–H and O–H groups in total. The summed E-state index contributed by atoms with van der Waals surface area (Å²) in [7, 11) is 0. The lowest BCUT2D eigenvalue weighted by Gasteiger charge is -2.33. The molecule has 0 aromatic carbocycles. The largest absolute Gasteiger partial charge is 0.360 e. The van der Waals surface area contributed by atoms with Crippen LogP contribution in [0.15, 0.2) is 10.6 Å². The van der Waals surface area contributed by atoms with E-state index in [9.17, 15) is 4.79 Å². The quantitative estimate of drug-likeness (QED) is 0.856. The fourth-order valence-corrected chi connectivity index (χ4v) is 2.02. The minimum Gasteiger partial charge on any atom is -0.360 e. The van der Waals surface area contributed by atoms with E-state index in [2.05, 4.69) is 10.5 Å². The maximum absolute atomic E-state index is 12.3. The van der Waals surface area contributed by atoms with Crippen LogP contribution in [0.3, 0.4) is 0 Å². The van der Waals surface area contributed by atoms with Gasteiger partial charge in [0.1, 0.15) is 5.76 Å². The molecule has 0 spiro atoms. The topological polar surface area (TPSA) is 58.4 Å². The van der Waals surface area contributed by atoms with E-state index in [0.29, 0.717) is 5.69 Å². The fourth-order valence-electron chi connectivity index (χ4n) is 2.02.